The van der Waals surface area contributed by atoms with Crippen molar-refractivity contribution in [3.05, 3.63) is 28.5 Å². The van der Waals surface area contributed by atoms with E-state index in [1.807, 2.05) is 0 Å². The van der Waals surface area contributed by atoms with E-state index < -0.39 is 35.2 Å². The van der Waals surface area contributed by atoms with Gasteiger partial charge in [0.05, 0.1) is 10.6 Å². The van der Waals surface area contributed by atoms with Crippen molar-refractivity contribution in [3.8, 4) is 0 Å². The summed E-state index contributed by atoms with van der Waals surface area (Å²) in [4.78, 5) is 0. The Hall–Kier alpha value is -0.785. The standard InChI is InChI=1S/C7H4BClF4O2/c9-5-4(8(14)15)2-1-3(6(5)10)7(11,12)13/h1-2,14-15H. The molecule has 82 valence electrons. The lowest BCUT2D eigenvalue weighted by Crippen LogP contribution is -2.32. The molecule has 1 rings (SSSR count). The second-order valence-corrected chi connectivity index (χ2v) is 3.08. The van der Waals surface area contributed by atoms with E-state index in [9.17, 15) is 17.6 Å². The smallest absolute Gasteiger partial charge is 0.423 e. The summed E-state index contributed by atoms with van der Waals surface area (Å²) in [6.45, 7) is 0. The van der Waals surface area contributed by atoms with Crippen molar-refractivity contribution in [3.63, 3.8) is 0 Å². The molecular formula is C7H4BClF4O2. The van der Waals surface area contributed by atoms with E-state index in [-0.39, 0.29) is 0 Å². The van der Waals surface area contributed by atoms with Crippen LogP contribution in [0.5, 0.6) is 0 Å². The van der Waals surface area contributed by atoms with Crippen molar-refractivity contribution >= 4 is 24.2 Å². The molecule has 2 nitrogen and oxygen atoms in total. The fraction of sp³-hybridized carbons (Fsp3) is 0.143. The minimum absolute atomic E-state index is 0.399. The van der Waals surface area contributed by atoms with E-state index >= 15 is 0 Å². The molecule has 0 aromatic heterocycles. The molecule has 1 aromatic rings. The Morgan fingerprint density at radius 3 is 2.13 bits per heavy atom. The Morgan fingerprint density at radius 2 is 1.73 bits per heavy atom. The normalized spacial score (nSPS) is 11.7. The highest BCUT2D eigenvalue weighted by Crippen LogP contribution is 2.33. The molecule has 8 heteroatoms. The van der Waals surface area contributed by atoms with Crippen LogP contribution in [0.4, 0.5) is 17.6 Å². The molecule has 0 unspecified atom stereocenters. The first-order valence-electron chi connectivity index (χ1n) is 3.66. The molecule has 0 aliphatic heterocycles. The van der Waals surface area contributed by atoms with Gasteiger partial charge in [0.25, 0.3) is 0 Å². The van der Waals surface area contributed by atoms with E-state index in [1.165, 1.54) is 0 Å². The zero-order chi connectivity index (χ0) is 11.8. The van der Waals surface area contributed by atoms with Gasteiger partial charge in [0, 0.05) is 5.46 Å². The Bertz CT molecular complexity index is 380. The predicted octanol–water partition coefficient (Wildman–Crippen LogP) is 1.18. The summed E-state index contributed by atoms with van der Waals surface area (Å²) < 4.78 is 49.5. The quantitative estimate of drug-likeness (QED) is 0.573. The predicted molar refractivity (Wildman–Crippen MR) is 46.2 cm³/mol. The lowest BCUT2D eigenvalue weighted by Gasteiger charge is -2.11. The van der Waals surface area contributed by atoms with Crippen molar-refractivity contribution in [1.82, 2.24) is 0 Å². The summed E-state index contributed by atoms with van der Waals surface area (Å²) in [7, 11) is -2.12. The minimum Gasteiger partial charge on any atom is -0.423 e. The molecule has 0 spiro atoms. The largest absolute Gasteiger partial charge is 0.490 e. The molecule has 2 N–H and O–H groups in total. The first-order chi connectivity index (χ1) is 6.75. The van der Waals surface area contributed by atoms with Gasteiger partial charge in [-0.05, 0) is 6.07 Å². The SMILES string of the molecule is OB(O)c1ccc(C(F)(F)F)c(F)c1Cl. The van der Waals surface area contributed by atoms with Crippen LogP contribution >= 0.6 is 11.6 Å². The zero-order valence-electron chi connectivity index (χ0n) is 7.02. The van der Waals surface area contributed by atoms with Crippen LogP contribution in [0.25, 0.3) is 0 Å². The highest BCUT2D eigenvalue weighted by Gasteiger charge is 2.36. The van der Waals surface area contributed by atoms with Crippen molar-refractivity contribution < 1.29 is 27.6 Å². The Balaban J connectivity index is 3.34. The highest BCUT2D eigenvalue weighted by molar-refractivity contribution is 6.62. The van der Waals surface area contributed by atoms with Gasteiger partial charge in [0.1, 0.15) is 0 Å². The summed E-state index contributed by atoms with van der Waals surface area (Å²) >= 11 is 5.20. The third-order valence-electron chi connectivity index (χ3n) is 1.70. The molecule has 0 amide bonds. The van der Waals surface area contributed by atoms with E-state index in [1.54, 1.807) is 0 Å². The van der Waals surface area contributed by atoms with Gasteiger partial charge < -0.3 is 10.0 Å². The van der Waals surface area contributed by atoms with Gasteiger partial charge >= 0.3 is 13.3 Å². The number of hydrogen-bond donors (Lipinski definition) is 2. The van der Waals surface area contributed by atoms with Gasteiger partial charge in [-0.15, -0.1) is 0 Å². The summed E-state index contributed by atoms with van der Waals surface area (Å²) in [6, 6.07) is 1.11. The van der Waals surface area contributed by atoms with Crippen LogP contribution in [-0.4, -0.2) is 17.2 Å². The fourth-order valence-electron chi connectivity index (χ4n) is 0.983. The zero-order valence-corrected chi connectivity index (χ0v) is 7.77. The lowest BCUT2D eigenvalue weighted by molar-refractivity contribution is -0.139. The third kappa shape index (κ3) is 2.42. The monoisotopic (exact) mass is 242 g/mol. The third-order valence-corrected chi connectivity index (χ3v) is 2.08. The molecule has 0 radical (unpaired) electrons. The average molecular weight is 242 g/mol. The van der Waals surface area contributed by atoms with Crippen molar-refractivity contribution in [2.75, 3.05) is 0 Å². The number of halogens is 5. The molecule has 0 aliphatic carbocycles. The molecule has 0 saturated heterocycles. The number of benzene rings is 1. The van der Waals surface area contributed by atoms with Crippen molar-refractivity contribution in [1.29, 1.82) is 0 Å². The minimum atomic E-state index is -4.87. The first-order valence-corrected chi connectivity index (χ1v) is 4.04. The summed E-state index contributed by atoms with van der Waals surface area (Å²) in [5.74, 6) is -1.71. The van der Waals surface area contributed by atoms with E-state index in [4.69, 9.17) is 21.6 Å². The lowest BCUT2D eigenvalue weighted by atomic mass is 9.79. The van der Waals surface area contributed by atoms with Crippen molar-refractivity contribution in [2.45, 2.75) is 6.18 Å². The highest BCUT2D eigenvalue weighted by atomic mass is 35.5. The maximum absolute atomic E-state index is 13.0. The molecule has 1 aromatic carbocycles. The summed E-state index contributed by atoms with van der Waals surface area (Å²) in [5, 5.41) is 16.3. The van der Waals surface area contributed by atoms with Gasteiger partial charge in [-0.3, -0.25) is 0 Å². The molecule has 0 fully saturated rings. The molecule has 0 atom stereocenters. The molecule has 0 bridgehead atoms. The maximum Gasteiger partial charge on any atom is 0.490 e. The second-order valence-electron chi connectivity index (χ2n) is 2.70. The van der Waals surface area contributed by atoms with Gasteiger partial charge in [-0.1, -0.05) is 17.7 Å². The van der Waals surface area contributed by atoms with Gasteiger partial charge in [0.15, 0.2) is 5.82 Å². The topological polar surface area (TPSA) is 40.5 Å². The van der Waals surface area contributed by atoms with Gasteiger partial charge in [-0.2, -0.15) is 13.2 Å². The summed E-state index contributed by atoms with van der Waals surface area (Å²) in [6.07, 6.45) is -4.87. The fourth-order valence-corrected chi connectivity index (χ4v) is 1.25. The second kappa shape index (κ2) is 4.00. The van der Waals surface area contributed by atoms with Crippen LogP contribution in [0.15, 0.2) is 12.1 Å². The van der Waals surface area contributed by atoms with Crippen LogP contribution in [0.1, 0.15) is 5.56 Å². The molecular weight excluding hydrogens is 238 g/mol. The van der Waals surface area contributed by atoms with Crippen LogP contribution in [0, 0.1) is 5.82 Å². The van der Waals surface area contributed by atoms with E-state index in [0.717, 1.165) is 0 Å². The Morgan fingerprint density at radius 1 is 1.20 bits per heavy atom. The molecule has 15 heavy (non-hydrogen) atoms. The molecule has 0 saturated carbocycles. The number of rotatable bonds is 1. The number of hydrogen-bond acceptors (Lipinski definition) is 2. The van der Waals surface area contributed by atoms with Crippen molar-refractivity contribution in [2.24, 2.45) is 0 Å². The average Bonchev–Trinajstić information content (AvgIpc) is 2.06. The Kier molecular flexibility index (Phi) is 3.27. The van der Waals surface area contributed by atoms with Crippen LogP contribution < -0.4 is 5.46 Å². The molecule has 0 heterocycles. The van der Waals surface area contributed by atoms with E-state index in [2.05, 4.69) is 0 Å². The van der Waals surface area contributed by atoms with Gasteiger partial charge in [-0.25, -0.2) is 4.39 Å². The van der Waals surface area contributed by atoms with Gasteiger partial charge in [0.2, 0.25) is 0 Å². The van der Waals surface area contributed by atoms with E-state index in [0.29, 0.717) is 12.1 Å². The van der Waals surface area contributed by atoms with Crippen LogP contribution in [0.2, 0.25) is 5.02 Å². The van der Waals surface area contributed by atoms with Crippen LogP contribution in [0.3, 0.4) is 0 Å². The van der Waals surface area contributed by atoms with Crippen LogP contribution in [-0.2, 0) is 6.18 Å². The summed E-state index contributed by atoms with van der Waals surface area (Å²) in [5.41, 5.74) is -2.06. The maximum atomic E-state index is 13.0. The first kappa shape index (κ1) is 12.3. The molecule has 0 aliphatic rings. The number of alkyl halides is 3. The Labute approximate surface area is 87.2 Å².